The second-order valence-electron chi connectivity index (χ2n) is 4.12. The van der Waals surface area contributed by atoms with Crippen LogP contribution in [0.4, 0.5) is 18.0 Å². The lowest BCUT2D eigenvalue weighted by Crippen LogP contribution is -2.63. The van der Waals surface area contributed by atoms with E-state index in [0.29, 0.717) is 11.9 Å². The van der Waals surface area contributed by atoms with E-state index in [1.165, 1.54) is 29.8 Å². The molecule has 1 aromatic heterocycles. The van der Waals surface area contributed by atoms with E-state index in [1.807, 2.05) is 0 Å². The van der Waals surface area contributed by atoms with Gasteiger partial charge in [-0.25, -0.2) is 14.6 Å². The zero-order valence-electron chi connectivity index (χ0n) is 10.5. The van der Waals surface area contributed by atoms with Gasteiger partial charge in [-0.15, -0.1) is 11.3 Å². The maximum absolute atomic E-state index is 12.7. The molecule has 1 rings (SSSR count). The lowest BCUT2D eigenvalue weighted by molar-refractivity contribution is -0.203. The number of carboxylic acid groups (broad SMARTS) is 1. The van der Waals surface area contributed by atoms with E-state index in [-0.39, 0.29) is 0 Å². The summed E-state index contributed by atoms with van der Waals surface area (Å²) in [7, 11) is 0. The average Bonchev–Trinajstić information content (AvgIpc) is 2.79. The van der Waals surface area contributed by atoms with Crippen molar-refractivity contribution < 1.29 is 27.9 Å². The van der Waals surface area contributed by atoms with Gasteiger partial charge in [0.15, 0.2) is 0 Å². The summed E-state index contributed by atoms with van der Waals surface area (Å²) >= 11 is 1.21. The Morgan fingerprint density at radius 1 is 1.45 bits per heavy atom. The van der Waals surface area contributed by atoms with E-state index in [9.17, 15) is 22.8 Å². The molecule has 1 heterocycles. The first-order valence-electron chi connectivity index (χ1n) is 5.36. The van der Waals surface area contributed by atoms with Crippen LogP contribution in [0.2, 0.25) is 0 Å². The van der Waals surface area contributed by atoms with Crippen molar-refractivity contribution in [3.63, 3.8) is 0 Å². The zero-order valence-corrected chi connectivity index (χ0v) is 11.3. The molecule has 0 aliphatic heterocycles. The van der Waals surface area contributed by atoms with Gasteiger partial charge < -0.3 is 15.7 Å². The van der Waals surface area contributed by atoms with Crippen LogP contribution in [0.15, 0.2) is 11.6 Å². The Hall–Kier alpha value is -1.84. The van der Waals surface area contributed by atoms with Crippen molar-refractivity contribution in [1.29, 1.82) is 0 Å². The molecule has 2 unspecified atom stereocenters. The Morgan fingerprint density at radius 2 is 2.05 bits per heavy atom. The minimum absolute atomic E-state index is 0.378. The number of hydrogen-bond acceptors (Lipinski definition) is 4. The van der Waals surface area contributed by atoms with Crippen LogP contribution in [0, 0.1) is 0 Å². The first-order chi connectivity index (χ1) is 9.08. The number of nitrogens with one attached hydrogen (secondary N) is 2. The summed E-state index contributed by atoms with van der Waals surface area (Å²) < 4.78 is 38.1. The number of halogens is 3. The molecule has 0 radical (unpaired) electrons. The van der Waals surface area contributed by atoms with Gasteiger partial charge in [0.1, 0.15) is 5.01 Å². The van der Waals surface area contributed by atoms with Crippen LogP contribution in [-0.4, -0.2) is 33.8 Å². The number of aliphatic carboxylic acids is 1. The molecular weight excluding hydrogens is 299 g/mol. The summed E-state index contributed by atoms with van der Waals surface area (Å²) in [4.78, 5) is 26.1. The normalized spacial score (nSPS) is 16.1. The lowest BCUT2D eigenvalue weighted by Gasteiger charge is -2.29. The topological polar surface area (TPSA) is 91.3 Å². The van der Waals surface area contributed by atoms with Gasteiger partial charge >= 0.3 is 18.2 Å². The molecule has 3 N–H and O–H groups in total. The molecule has 2 amide bonds. The Bertz CT molecular complexity index is 492. The van der Waals surface area contributed by atoms with E-state index < -0.39 is 29.8 Å². The fourth-order valence-corrected chi connectivity index (χ4v) is 1.86. The summed E-state index contributed by atoms with van der Waals surface area (Å²) in [5.74, 6) is -2.19. The SMILES string of the molecule is CC(NC(=O)NC(C)(C(=O)O)C(F)(F)F)c1nccs1. The third-order valence-electron chi connectivity index (χ3n) is 2.53. The average molecular weight is 311 g/mol. The number of amides is 2. The molecule has 20 heavy (non-hydrogen) atoms. The molecule has 6 nitrogen and oxygen atoms in total. The van der Waals surface area contributed by atoms with Gasteiger partial charge in [-0.3, -0.25) is 0 Å². The summed E-state index contributed by atoms with van der Waals surface area (Å²) in [5.41, 5.74) is -3.36. The maximum atomic E-state index is 12.7. The zero-order chi connectivity index (χ0) is 15.6. The molecule has 10 heteroatoms. The van der Waals surface area contributed by atoms with Crippen molar-refractivity contribution in [2.24, 2.45) is 0 Å². The van der Waals surface area contributed by atoms with Gasteiger partial charge in [-0.2, -0.15) is 13.2 Å². The molecule has 2 atom stereocenters. The fourth-order valence-electron chi connectivity index (χ4n) is 1.22. The molecule has 0 aliphatic carbocycles. The van der Waals surface area contributed by atoms with Crippen LogP contribution in [-0.2, 0) is 4.79 Å². The van der Waals surface area contributed by atoms with Crippen molar-refractivity contribution in [3.8, 4) is 0 Å². The van der Waals surface area contributed by atoms with Gasteiger partial charge in [0.2, 0.25) is 5.54 Å². The van der Waals surface area contributed by atoms with Crippen molar-refractivity contribution in [2.45, 2.75) is 31.6 Å². The molecule has 1 aromatic rings. The van der Waals surface area contributed by atoms with E-state index in [4.69, 9.17) is 5.11 Å². The highest BCUT2D eigenvalue weighted by atomic mass is 32.1. The van der Waals surface area contributed by atoms with E-state index in [0.717, 1.165) is 0 Å². The summed E-state index contributed by atoms with van der Waals surface area (Å²) in [5, 5.41) is 14.4. The molecule has 0 fully saturated rings. The van der Waals surface area contributed by atoms with Crippen LogP contribution < -0.4 is 10.6 Å². The predicted molar refractivity (Wildman–Crippen MR) is 64.3 cm³/mol. The van der Waals surface area contributed by atoms with Gasteiger partial charge in [0, 0.05) is 11.6 Å². The molecule has 0 saturated heterocycles. The van der Waals surface area contributed by atoms with Gasteiger partial charge in [0.25, 0.3) is 0 Å². The highest BCUT2D eigenvalue weighted by molar-refractivity contribution is 7.09. The summed E-state index contributed by atoms with van der Waals surface area (Å²) in [6.45, 7) is 1.90. The third kappa shape index (κ3) is 3.38. The predicted octanol–water partition coefficient (Wildman–Crippen LogP) is 1.91. The minimum Gasteiger partial charge on any atom is -0.479 e. The quantitative estimate of drug-likeness (QED) is 0.792. The summed E-state index contributed by atoms with van der Waals surface area (Å²) in [6.07, 6.45) is -3.65. The fraction of sp³-hybridized carbons (Fsp3) is 0.500. The van der Waals surface area contributed by atoms with Crippen molar-refractivity contribution in [3.05, 3.63) is 16.6 Å². The second kappa shape index (κ2) is 5.65. The van der Waals surface area contributed by atoms with Crippen LogP contribution >= 0.6 is 11.3 Å². The number of rotatable bonds is 4. The second-order valence-corrected chi connectivity index (χ2v) is 5.04. The molecule has 112 valence electrons. The number of aromatic nitrogens is 1. The van der Waals surface area contributed by atoms with Crippen LogP contribution in [0.1, 0.15) is 24.9 Å². The molecule has 0 aromatic carbocycles. The van der Waals surface area contributed by atoms with E-state index >= 15 is 0 Å². The lowest BCUT2D eigenvalue weighted by atomic mass is 10.0. The number of carboxylic acids is 1. The largest absolute Gasteiger partial charge is 0.479 e. The number of alkyl halides is 3. The number of thiazole rings is 1. The number of hydrogen-bond donors (Lipinski definition) is 3. The Labute approximate surface area is 116 Å². The van der Waals surface area contributed by atoms with Crippen molar-refractivity contribution in [2.75, 3.05) is 0 Å². The molecular formula is C10H12F3N3O3S. The first-order valence-corrected chi connectivity index (χ1v) is 6.24. The minimum atomic E-state index is -5.12. The molecule has 0 bridgehead atoms. The van der Waals surface area contributed by atoms with Gasteiger partial charge in [-0.05, 0) is 13.8 Å². The number of nitrogens with zero attached hydrogens (tertiary/aromatic N) is 1. The highest BCUT2D eigenvalue weighted by Crippen LogP contribution is 2.30. The molecule has 0 spiro atoms. The smallest absolute Gasteiger partial charge is 0.422 e. The van der Waals surface area contributed by atoms with Gasteiger partial charge in [0.05, 0.1) is 6.04 Å². The number of carbonyl (C=O) groups excluding carboxylic acids is 1. The number of urea groups is 1. The van der Waals surface area contributed by atoms with E-state index in [1.54, 1.807) is 5.38 Å². The summed E-state index contributed by atoms with van der Waals surface area (Å²) in [6, 6.07) is -1.88. The standard InChI is InChI=1S/C10H12F3N3O3S/c1-5(6-14-3-4-20-6)15-8(19)16-9(2,7(17)18)10(11,12)13/h3-5H,1-2H3,(H,17,18)(H2,15,16,19). The van der Waals surface area contributed by atoms with Crippen molar-refractivity contribution >= 4 is 23.3 Å². The molecule has 0 saturated carbocycles. The van der Waals surface area contributed by atoms with Gasteiger partial charge in [-0.1, -0.05) is 0 Å². The first kappa shape index (κ1) is 16.2. The third-order valence-corrected chi connectivity index (χ3v) is 3.49. The van der Waals surface area contributed by atoms with E-state index in [2.05, 4.69) is 10.3 Å². The Kier molecular flexibility index (Phi) is 4.58. The highest BCUT2D eigenvalue weighted by Gasteiger charge is 2.58. The molecule has 0 aliphatic rings. The maximum Gasteiger partial charge on any atom is 0.422 e. The van der Waals surface area contributed by atoms with Crippen molar-refractivity contribution in [1.82, 2.24) is 15.6 Å². The Balaban J connectivity index is 2.76. The monoisotopic (exact) mass is 311 g/mol. The van der Waals surface area contributed by atoms with Crippen LogP contribution in [0.25, 0.3) is 0 Å². The van der Waals surface area contributed by atoms with Crippen LogP contribution in [0.3, 0.4) is 0 Å². The number of carbonyl (C=O) groups is 2. The van der Waals surface area contributed by atoms with Crippen LogP contribution in [0.5, 0.6) is 0 Å². The Morgan fingerprint density at radius 3 is 2.45 bits per heavy atom.